The second-order valence-electron chi connectivity index (χ2n) is 2.40. The lowest BCUT2D eigenvalue weighted by Gasteiger charge is -2.06. The number of ether oxygens (including phenoxy) is 1. The predicted octanol–water partition coefficient (Wildman–Crippen LogP) is -1.56. The van der Waals surface area contributed by atoms with E-state index < -0.39 is 18.0 Å². The molecule has 0 heterocycles. The van der Waals surface area contributed by atoms with Crippen molar-refractivity contribution >= 4 is 11.9 Å². The van der Waals surface area contributed by atoms with Crippen molar-refractivity contribution in [2.75, 3.05) is 6.61 Å². The molecule has 0 aliphatic carbocycles. The molecule has 0 rings (SSSR count). The van der Waals surface area contributed by atoms with E-state index in [1.165, 1.54) is 6.92 Å². The number of hydrogen-bond acceptors (Lipinski definition) is 5. The van der Waals surface area contributed by atoms with Crippen LogP contribution in [0.15, 0.2) is 0 Å². The number of aliphatic carboxylic acids is 1. The first kappa shape index (κ1) is 10.9. The lowest BCUT2D eigenvalue weighted by atomic mass is 10.3. The molecule has 0 radical (unpaired) electrons. The SMILES string of the molecule is CC(O)COC(=O)CCC(=O)[O-]. The van der Waals surface area contributed by atoms with Crippen molar-refractivity contribution in [2.45, 2.75) is 25.9 Å². The molecular weight excluding hydrogens is 164 g/mol. The normalized spacial score (nSPS) is 12.2. The quantitative estimate of drug-likeness (QED) is 0.510. The number of carboxylic acids is 1. The van der Waals surface area contributed by atoms with Gasteiger partial charge in [-0.15, -0.1) is 0 Å². The molecular formula is C7H11O5-. The maximum Gasteiger partial charge on any atom is 0.306 e. The van der Waals surface area contributed by atoms with Gasteiger partial charge in [0.05, 0.1) is 12.5 Å². The molecule has 0 fully saturated rings. The van der Waals surface area contributed by atoms with E-state index in [-0.39, 0.29) is 19.4 Å². The van der Waals surface area contributed by atoms with Crippen LogP contribution in [0.4, 0.5) is 0 Å². The van der Waals surface area contributed by atoms with Crippen LogP contribution in [-0.2, 0) is 14.3 Å². The van der Waals surface area contributed by atoms with Gasteiger partial charge >= 0.3 is 5.97 Å². The van der Waals surface area contributed by atoms with E-state index in [0.717, 1.165) is 0 Å². The van der Waals surface area contributed by atoms with Gasteiger partial charge < -0.3 is 19.7 Å². The summed E-state index contributed by atoms with van der Waals surface area (Å²) in [6, 6.07) is 0. The van der Waals surface area contributed by atoms with Gasteiger partial charge in [-0.05, 0) is 13.3 Å². The Bertz CT molecular complexity index is 163. The van der Waals surface area contributed by atoms with Crippen LogP contribution < -0.4 is 5.11 Å². The smallest absolute Gasteiger partial charge is 0.306 e. The Morgan fingerprint density at radius 2 is 2.08 bits per heavy atom. The topological polar surface area (TPSA) is 86.7 Å². The summed E-state index contributed by atoms with van der Waals surface area (Å²) in [6.45, 7) is 1.36. The predicted molar refractivity (Wildman–Crippen MR) is 36.9 cm³/mol. The van der Waals surface area contributed by atoms with Gasteiger partial charge in [-0.25, -0.2) is 0 Å². The van der Waals surface area contributed by atoms with Gasteiger partial charge in [0.25, 0.3) is 0 Å². The van der Waals surface area contributed by atoms with Crippen molar-refractivity contribution in [1.29, 1.82) is 0 Å². The average Bonchev–Trinajstić information content (AvgIpc) is 1.96. The highest BCUT2D eigenvalue weighted by molar-refractivity contribution is 5.75. The molecule has 1 unspecified atom stereocenters. The fraction of sp³-hybridized carbons (Fsp3) is 0.714. The standard InChI is InChI=1S/C7H12O5/c1-5(8)4-12-7(11)3-2-6(9)10/h5,8H,2-4H2,1H3,(H,9,10)/p-1. The van der Waals surface area contributed by atoms with Gasteiger partial charge in [0, 0.05) is 5.97 Å². The van der Waals surface area contributed by atoms with E-state index in [1.54, 1.807) is 0 Å². The second-order valence-corrected chi connectivity index (χ2v) is 2.40. The third-order valence-electron chi connectivity index (χ3n) is 1.02. The van der Waals surface area contributed by atoms with Crippen LogP contribution in [0.5, 0.6) is 0 Å². The molecule has 5 nitrogen and oxygen atoms in total. The Morgan fingerprint density at radius 1 is 1.50 bits per heavy atom. The van der Waals surface area contributed by atoms with E-state index in [2.05, 4.69) is 4.74 Å². The fourth-order valence-electron chi connectivity index (χ4n) is 0.490. The summed E-state index contributed by atoms with van der Waals surface area (Å²) in [5, 5.41) is 18.5. The molecule has 0 aromatic rings. The van der Waals surface area contributed by atoms with E-state index in [4.69, 9.17) is 5.11 Å². The molecule has 0 saturated carbocycles. The number of aliphatic hydroxyl groups is 1. The van der Waals surface area contributed by atoms with Gasteiger partial charge in [0.2, 0.25) is 0 Å². The molecule has 1 atom stereocenters. The number of aliphatic hydroxyl groups excluding tert-OH is 1. The summed E-state index contributed by atoms with van der Waals surface area (Å²) in [7, 11) is 0. The molecule has 0 saturated heterocycles. The summed E-state index contributed by atoms with van der Waals surface area (Å²) in [5.41, 5.74) is 0. The van der Waals surface area contributed by atoms with E-state index >= 15 is 0 Å². The molecule has 0 amide bonds. The maximum absolute atomic E-state index is 10.6. The van der Waals surface area contributed by atoms with Crippen LogP contribution in [0.25, 0.3) is 0 Å². The monoisotopic (exact) mass is 175 g/mol. The van der Waals surface area contributed by atoms with Crippen molar-refractivity contribution in [3.05, 3.63) is 0 Å². The highest BCUT2D eigenvalue weighted by atomic mass is 16.5. The minimum Gasteiger partial charge on any atom is -0.550 e. The molecule has 1 N–H and O–H groups in total. The largest absolute Gasteiger partial charge is 0.550 e. The lowest BCUT2D eigenvalue weighted by molar-refractivity contribution is -0.305. The molecule has 0 bridgehead atoms. The lowest BCUT2D eigenvalue weighted by Crippen LogP contribution is -2.24. The van der Waals surface area contributed by atoms with Crippen LogP contribution in [-0.4, -0.2) is 29.8 Å². The molecule has 12 heavy (non-hydrogen) atoms. The van der Waals surface area contributed by atoms with Crippen molar-refractivity contribution in [2.24, 2.45) is 0 Å². The number of esters is 1. The molecule has 0 aliphatic rings. The van der Waals surface area contributed by atoms with Crippen molar-refractivity contribution in [3.8, 4) is 0 Å². The van der Waals surface area contributed by atoms with Crippen LogP contribution >= 0.6 is 0 Å². The highest BCUT2D eigenvalue weighted by Crippen LogP contribution is 1.92. The fourth-order valence-corrected chi connectivity index (χ4v) is 0.490. The summed E-state index contributed by atoms with van der Waals surface area (Å²) in [6.07, 6.45) is -1.29. The zero-order valence-electron chi connectivity index (χ0n) is 6.78. The summed E-state index contributed by atoms with van der Waals surface area (Å²) >= 11 is 0. The molecule has 5 heteroatoms. The van der Waals surface area contributed by atoms with Crippen molar-refractivity contribution in [1.82, 2.24) is 0 Å². The van der Waals surface area contributed by atoms with E-state index in [1.807, 2.05) is 0 Å². The van der Waals surface area contributed by atoms with Gasteiger partial charge in [-0.2, -0.15) is 0 Å². The average molecular weight is 175 g/mol. The number of hydrogen-bond donors (Lipinski definition) is 1. The first-order valence-electron chi connectivity index (χ1n) is 3.56. The minimum absolute atomic E-state index is 0.105. The third kappa shape index (κ3) is 7.01. The van der Waals surface area contributed by atoms with Crippen LogP contribution in [0.3, 0.4) is 0 Å². The molecule has 0 aromatic carbocycles. The molecule has 0 aromatic heterocycles. The Balaban J connectivity index is 3.40. The Kier molecular flexibility index (Phi) is 5.03. The zero-order valence-corrected chi connectivity index (χ0v) is 6.78. The second kappa shape index (κ2) is 5.54. The van der Waals surface area contributed by atoms with Crippen LogP contribution in [0, 0.1) is 0 Å². The third-order valence-corrected chi connectivity index (χ3v) is 1.02. The molecule has 0 spiro atoms. The highest BCUT2D eigenvalue weighted by Gasteiger charge is 2.04. The van der Waals surface area contributed by atoms with Gasteiger partial charge in [0.1, 0.15) is 6.61 Å². The first-order valence-corrected chi connectivity index (χ1v) is 3.56. The van der Waals surface area contributed by atoms with Gasteiger partial charge in [-0.3, -0.25) is 4.79 Å². The van der Waals surface area contributed by atoms with Crippen LogP contribution in [0.1, 0.15) is 19.8 Å². The van der Waals surface area contributed by atoms with E-state index in [0.29, 0.717) is 0 Å². The van der Waals surface area contributed by atoms with E-state index in [9.17, 15) is 14.7 Å². The van der Waals surface area contributed by atoms with Gasteiger partial charge in [-0.1, -0.05) is 0 Å². The number of carbonyl (C=O) groups is 2. The maximum atomic E-state index is 10.6. The minimum atomic E-state index is -1.29. The zero-order chi connectivity index (χ0) is 9.56. The van der Waals surface area contributed by atoms with Crippen LogP contribution in [0.2, 0.25) is 0 Å². The number of rotatable bonds is 5. The molecule has 0 aliphatic heterocycles. The summed E-state index contributed by atoms with van der Waals surface area (Å²) in [4.78, 5) is 20.5. The Labute approximate surface area is 70.0 Å². The number of carbonyl (C=O) groups excluding carboxylic acids is 2. The first-order chi connectivity index (χ1) is 5.52. The molecule has 70 valence electrons. The van der Waals surface area contributed by atoms with Crippen molar-refractivity contribution < 1.29 is 24.5 Å². The Hall–Kier alpha value is -1.10. The summed E-state index contributed by atoms with van der Waals surface area (Å²) < 4.78 is 4.47. The Morgan fingerprint density at radius 3 is 2.50 bits per heavy atom. The van der Waals surface area contributed by atoms with Gasteiger partial charge in [0.15, 0.2) is 0 Å². The van der Waals surface area contributed by atoms with Crippen molar-refractivity contribution in [3.63, 3.8) is 0 Å². The summed E-state index contributed by atoms with van der Waals surface area (Å²) in [5.74, 6) is -1.93. The number of carboxylic acid groups (broad SMARTS) is 1.